The van der Waals surface area contributed by atoms with Crippen molar-refractivity contribution in [2.24, 2.45) is 4.99 Å². The Labute approximate surface area is 138 Å². The molecule has 0 aliphatic rings. The number of fused-ring (bicyclic) bond motifs is 1. The molecule has 6 heteroatoms. The maximum Gasteiger partial charge on any atom is 0.191 e. The van der Waals surface area contributed by atoms with Crippen LogP contribution in [-0.4, -0.2) is 48.9 Å². The number of imidazole rings is 1. The molecule has 0 saturated heterocycles. The third-order valence-corrected chi connectivity index (χ3v) is 3.66. The highest BCUT2D eigenvalue weighted by atomic mass is 16.5. The molecule has 6 nitrogen and oxygen atoms in total. The summed E-state index contributed by atoms with van der Waals surface area (Å²) in [5.74, 6) is 1.86. The van der Waals surface area contributed by atoms with E-state index in [9.17, 15) is 0 Å². The second-order valence-electron chi connectivity index (χ2n) is 5.28. The lowest BCUT2D eigenvalue weighted by atomic mass is 10.3. The minimum absolute atomic E-state index is 0.769. The lowest BCUT2D eigenvalue weighted by Crippen LogP contribution is -2.39. The van der Waals surface area contributed by atoms with E-state index in [0.717, 1.165) is 56.6 Å². The van der Waals surface area contributed by atoms with Crippen molar-refractivity contribution in [3.63, 3.8) is 0 Å². The van der Waals surface area contributed by atoms with Gasteiger partial charge in [0.15, 0.2) is 5.96 Å². The topological polar surface area (TPSA) is 63.5 Å². The molecule has 0 aliphatic carbocycles. The zero-order valence-corrected chi connectivity index (χ0v) is 14.3. The summed E-state index contributed by atoms with van der Waals surface area (Å²) in [4.78, 5) is 8.82. The minimum atomic E-state index is 0.769. The molecule has 0 bridgehead atoms. The Bertz CT molecular complexity index is 635. The maximum atomic E-state index is 5.32. The molecule has 0 saturated carbocycles. The minimum Gasteiger partial charge on any atom is -0.382 e. The Morgan fingerprint density at radius 3 is 2.83 bits per heavy atom. The number of rotatable bonds is 8. The Hall–Kier alpha value is -2.08. The first-order chi connectivity index (χ1) is 11.3. The van der Waals surface area contributed by atoms with Gasteiger partial charge in [-0.05, 0) is 32.4 Å². The van der Waals surface area contributed by atoms with Crippen LogP contribution in [0.25, 0.3) is 11.0 Å². The van der Waals surface area contributed by atoms with Crippen molar-refractivity contribution in [3.8, 4) is 0 Å². The Morgan fingerprint density at radius 2 is 2.04 bits per heavy atom. The van der Waals surface area contributed by atoms with Crippen molar-refractivity contribution in [1.82, 2.24) is 20.2 Å². The van der Waals surface area contributed by atoms with Crippen LogP contribution in [0.2, 0.25) is 0 Å². The zero-order valence-electron chi connectivity index (χ0n) is 14.3. The van der Waals surface area contributed by atoms with E-state index in [0.29, 0.717) is 0 Å². The molecule has 2 aromatic rings. The van der Waals surface area contributed by atoms with Gasteiger partial charge < -0.3 is 19.9 Å². The fraction of sp³-hybridized carbons (Fsp3) is 0.529. The highest BCUT2D eigenvalue weighted by Gasteiger charge is 2.06. The number of nitrogens with zero attached hydrogens (tertiary/aromatic N) is 3. The first-order valence-electron chi connectivity index (χ1n) is 8.20. The number of guanidine groups is 1. The van der Waals surface area contributed by atoms with E-state index in [1.165, 1.54) is 5.52 Å². The molecule has 0 aliphatic heterocycles. The van der Waals surface area contributed by atoms with Gasteiger partial charge in [0.1, 0.15) is 5.82 Å². The molecular formula is C17H27N5O. The highest BCUT2D eigenvalue weighted by Crippen LogP contribution is 2.14. The number of hydrogen-bond acceptors (Lipinski definition) is 3. The van der Waals surface area contributed by atoms with Gasteiger partial charge in [0.05, 0.1) is 11.0 Å². The van der Waals surface area contributed by atoms with Crippen molar-refractivity contribution in [2.75, 3.05) is 33.4 Å². The largest absolute Gasteiger partial charge is 0.382 e. The number of nitrogens with one attached hydrogen (secondary N) is 2. The molecule has 1 aromatic heterocycles. The van der Waals surface area contributed by atoms with Crippen LogP contribution in [0.1, 0.15) is 19.2 Å². The van der Waals surface area contributed by atoms with Crippen molar-refractivity contribution >= 4 is 17.0 Å². The molecule has 0 radical (unpaired) electrons. The number of hydrogen-bond donors (Lipinski definition) is 2. The molecular weight excluding hydrogens is 290 g/mol. The van der Waals surface area contributed by atoms with Crippen LogP contribution in [0.4, 0.5) is 0 Å². The van der Waals surface area contributed by atoms with Crippen LogP contribution >= 0.6 is 0 Å². The van der Waals surface area contributed by atoms with Gasteiger partial charge in [-0.1, -0.05) is 12.1 Å². The van der Waals surface area contributed by atoms with Gasteiger partial charge in [0, 0.05) is 39.9 Å². The smallest absolute Gasteiger partial charge is 0.191 e. The molecule has 0 atom stereocenters. The van der Waals surface area contributed by atoms with Crippen molar-refractivity contribution in [2.45, 2.75) is 26.8 Å². The van der Waals surface area contributed by atoms with Gasteiger partial charge in [-0.25, -0.2) is 4.98 Å². The average Bonchev–Trinajstić information content (AvgIpc) is 2.88. The van der Waals surface area contributed by atoms with Gasteiger partial charge in [0.2, 0.25) is 0 Å². The van der Waals surface area contributed by atoms with E-state index in [-0.39, 0.29) is 0 Å². The molecule has 1 aromatic carbocycles. The second-order valence-corrected chi connectivity index (χ2v) is 5.28. The first-order valence-corrected chi connectivity index (χ1v) is 8.20. The molecule has 0 amide bonds. The zero-order chi connectivity index (χ0) is 16.5. The van der Waals surface area contributed by atoms with Gasteiger partial charge in [-0.2, -0.15) is 0 Å². The quantitative estimate of drug-likeness (QED) is 0.444. The van der Waals surface area contributed by atoms with Crippen LogP contribution in [0.15, 0.2) is 29.3 Å². The van der Waals surface area contributed by atoms with Gasteiger partial charge in [0.25, 0.3) is 0 Å². The number of para-hydroxylation sites is 2. The van der Waals surface area contributed by atoms with E-state index in [2.05, 4.69) is 31.2 Å². The number of aryl methyl sites for hydroxylation is 1. The molecule has 0 fully saturated rings. The van der Waals surface area contributed by atoms with E-state index in [4.69, 9.17) is 4.74 Å². The number of ether oxygens (including phenoxy) is 1. The van der Waals surface area contributed by atoms with Gasteiger partial charge >= 0.3 is 0 Å². The Kier molecular flexibility index (Phi) is 6.87. The molecule has 2 N–H and O–H groups in total. The van der Waals surface area contributed by atoms with E-state index >= 15 is 0 Å². The second kappa shape index (κ2) is 9.15. The first kappa shape index (κ1) is 17.3. The van der Waals surface area contributed by atoms with Crippen LogP contribution in [0, 0.1) is 6.92 Å². The summed E-state index contributed by atoms with van der Waals surface area (Å²) < 4.78 is 7.55. The lowest BCUT2D eigenvalue weighted by molar-refractivity contribution is 0.145. The normalized spacial score (nSPS) is 11.9. The van der Waals surface area contributed by atoms with Crippen LogP contribution in [0.5, 0.6) is 0 Å². The van der Waals surface area contributed by atoms with E-state index in [1.807, 2.05) is 32.0 Å². The molecule has 1 heterocycles. The van der Waals surface area contributed by atoms with E-state index in [1.54, 1.807) is 7.05 Å². The summed E-state index contributed by atoms with van der Waals surface area (Å²) in [7, 11) is 1.79. The van der Waals surface area contributed by atoms with Crippen LogP contribution < -0.4 is 10.6 Å². The molecule has 23 heavy (non-hydrogen) atoms. The summed E-state index contributed by atoms with van der Waals surface area (Å²) in [6.45, 7) is 8.10. The summed E-state index contributed by atoms with van der Waals surface area (Å²) in [5, 5.41) is 6.63. The maximum absolute atomic E-state index is 5.32. The standard InChI is InChI=1S/C17H27N5O/c1-4-23-13-7-10-19-17(18-3)20-11-12-22-14(2)21-15-8-5-6-9-16(15)22/h5-6,8-9H,4,7,10-13H2,1-3H3,(H2,18,19,20). The molecule has 0 spiro atoms. The Balaban J connectivity index is 1.79. The van der Waals surface area contributed by atoms with Crippen molar-refractivity contribution in [1.29, 1.82) is 0 Å². The number of aliphatic imine (C=N–C) groups is 1. The fourth-order valence-electron chi connectivity index (χ4n) is 2.51. The van der Waals surface area contributed by atoms with Crippen LogP contribution in [0.3, 0.4) is 0 Å². The number of aromatic nitrogens is 2. The van der Waals surface area contributed by atoms with Crippen LogP contribution in [-0.2, 0) is 11.3 Å². The fourth-order valence-corrected chi connectivity index (χ4v) is 2.51. The average molecular weight is 317 g/mol. The summed E-state index contributed by atoms with van der Waals surface area (Å²) in [6, 6.07) is 8.22. The molecule has 0 unspecified atom stereocenters. The summed E-state index contributed by atoms with van der Waals surface area (Å²) in [6.07, 6.45) is 0.972. The predicted octanol–water partition coefficient (Wildman–Crippen LogP) is 1.94. The summed E-state index contributed by atoms with van der Waals surface area (Å²) in [5.41, 5.74) is 2.22. The van der Waals surface area contributed by atoms with Crippen molar-refractivity contribution in [3.05, 3.63) is 30.1 Å². The SMILES string of the molecule is CCOCCCNC(=NC)NCCn1c(C)nc2ccccc21. The third kappa shape index (κ3) is 4.96. The third-order valence-electron chi connectivity index (χ3n) is 3.66. The Morgan fingerprint density at radius 1 is 1.26 bits per heavy atom. The highest BCUT2D eigenvalue weighted by molar-refractivity contribution is 5.79. The van der Waals surface area contributed by atoms with E-state index < -0.39 is 0 Å². The molecule has 2 rings (SSSR count). The monoisotopic (exact) mass is 317 g/mol. The van der Waals surface area contributed by atoms with Gasteiger partial charge in [-0.15, -0.1) is 0 Å². The predicted molar refractivity (Wildman–Crippen MR) is 94.9 cm³/mol. The van der Waals surface area contributed by atoms with Crippen molar-refractivity contribution < 1.29 is 4.74 Å². The lowest BCUT2D eigenvalue weighted by Gasteiger charge is -2.13. The molecule has 126 valence electrons. The van der Waals surface area contributed by atoms with Gasteiger partial charge in [-0.3, -0.25) is 4.99 Å². The summed E-state index contributed by atoms with van der Waals surface area (Å²) >= 11 is 0. The number of benzene rings is 1.